The van der Waals surface area contributed by atoms with Crippen LogP contribution in [0.25, 0.3) is 0 Å². The maximum absolute atomic E-state index is 13.9. The number of anilines is 2. The highest BCUT2D eigenvalue weighted by Crippen LogP contribution is 2.27. The average molecular weight is 437 g/mol. The summed E-state index contributed by atoms with van der Waals surface area (Å²) in [6, 6.07) is 13.2. The summed E-state index contributed by atoms with van der Waals surface area (Å²) in [6.07, 6.45) is 0. The first-order valence-electron chi connectivity index (χ1n) is 8.32. The molecule has 3 rings (SSSR count). The van der Waals surface area contributed by atoms with E-state index in [-0.39, 0.29) is 16.3 Å². The van der Waals surface area contributed by atoms with Gasteiger partial charge in [0.05, 0.1) is 10.7 Å². The number of nitrogens with one attached hydrogen (secondary N) is 2. The van der Waals surface area contributed by atoms with Gasteiger partial charge in [-0.05, 0) is 48.9 Å². The standard InChI is InChI=1S/C20H15ClF2N2O3S/c1-12-4-2-3-5-17(12)24-20(26)13-6-8-15(21)18(10-13)25-29(27,28)19-9-7-14(22)11-16(19)23/h2-11,25H,1H3,(H,24,26). The third-order valence-electron chi connectivity index (χ3n) is 4.05. The van der Waals surface area contributed by atoms with Crippen LogP contribution < -0.4 is 10.0 Å². The molecule has 0 aliphatic heterocycles. The van der Waals surface area contributed by atoms with Crippen molar-refractivity contribution in [3.05, 3.63) is 88.4 Å². The van der Waals surface area contributed by atoms with Crippen molar-refractivity contribution in [3.8, 4) is 0 Å². The number of aryl methyl sites for hydroxylation is 1. The van der Waals surface area contributed by atoms with E-state index in [0.29, 0.717) is 11.8 Å². The number of para-hydroxylation sites is 1. The van der Waals surface area contributed by atoms with E-state index >= 15 is 0 Å². The fraction of sp³-hybridized carbons (Fsp3) is 0.0500. The molecule has 0 bridgehead atoms. The molecule has 0 heterocycles. The Bertz CT molecular complexity index is 1200. The lowest BCUT2D eigenvalue weighted by Gasteiger charge is -2.13. The molecule has 3 aromatic rings. The molecular weight excluding hydrogens is 422 g/mol. The molecule has 0 aliphatic carbocycles. The second-order valence-corrected chi connectivity index (χ2v) is 8.20. The predicted molar refractivity (Wildman–Crippen MR) is 108 cm³/mol. The van der Waals surface area contributed by atoms with Crippen LogP contribution >= 0.6 is 11.6 Å². The Labute approximate surface area is 171 Å². The minimum atomic E-state index is -4.40. The Morgan fingerprint density at radius 1 is 0.966 bits per heavy atom. The highest BCUT2D eigenvalue weighted by molar-refractivity contribution is 7.92. The summed E-state index contributed by atoms with van der Waals surface area (Å²) in [5, 5.41) is 2.73. The minimum Gasteiger partial charge on any atom is -0.322 e. The van der Waals surface area contributed by atoms with E-state index in [9.17, 15) is 22.0 Å². The molecule has 0 unspecified atom stereocenters. The van der Waals surface area contributed by atoms with E-state index in [4.69, 9.17) is 11.6 Å². The topological polar surface area (TPSA) is 75.3 Å². The van der Waals surface area contributed by atoms with Crippen LogP contribution in [0.5, 0.6) is 0 Å². The molecule has 0 fully saturated rings. The Kier molecular flexibility index (Phi) is 5.86. The molecule has 3 aromatic carbocycles. The van der Waals surface area contributed by atoms with E-state index in [1.165, 1.54) is 18.2 Å². The lowest BCUT2D eigenvalue weighted by Crippen LogP contribution is -2.17. The molecule has 1 amide bonds. The van der Waals surface area contributed by atoms with Gasteiger partial charge in [-0.2, -0.15) is 0 Å². The lowest BCUT2D eigenvalue weighted by molar-refractivity contribution is 0.102. The zero-order valence-corrected chi connectivity index (χ0v) is 16.6. The summed E-state index contributed by atoms with van der Waals surface area (Å²) >= 11 is 6.03. The maximum atomic E-state index is 13.9. The number of carbonyl (C=O) groups excluding carboxylic acids is 1. The average Bonchev–Trinajstić information content (AvgIpc) is 2.64. The van der Waals surface area contributed by atoms with Crippen LogP contribution in [0.1, 0.15) is 15.9 Å². The molecule has 0 aromatic heterocycles. The van der Waals surface area contributed by atoms with Gasteiger partial charge in [-0.25, -0.2) is 17.2 Å². The molecule has 29 heavy (non-hydrogen) atoms. The van der Waals surface area contributed by atoms with Crippen molar-refractivity contribution in [2.75, 3.05) is 10.0 Å². The summed E-state index contributed by atoms with van der Waals surface area (Å²) in [5.74, 6) is -2.64. The highest BCUT2D eigenvalue weighted by atomic mass is 35.5. The molecule has 9 heteroatoms. The molecule has 0 saturated heterocycles. The first kappa shape index (κ1) is 20.8. The number of halogens is 3. The summed E-state index contributed by atoms with van der Waals surface area (Å²) < 4.78 is 54.0. The zero-order chi connectivity index (χ0) is 21.2. The normalized spacial score (nSPS) is 11.2. The fourth-order valence-electron chi connectivity index (χ4n) is 2.55. The molecule has 150 valence electrons. The van der Waals surface area contributed by atoms with Gasteiger partial charge < -0.3 is 5.32 Å². The van der Waals surface area contributed by atoms with Gasteiger partial charge in [0.25, 0.3) is 15.9 Å². The third kappa shape index (κ3) is 4.72. The van der Waals surface area contributed by atoms with Gasteiger partial charge >= 0.3 is 0 Å². The van der Waals surface area contributed by atoms with Crippen molar-refractivity contribution in [2.24, 2.45) is 0 Å². The van der Waals surface area contributed by atoms with Crippen molar-refractivity contribution < 1.29 is 22.0 Å². The molecule has 0 atom stereocenters. The number of benzene rings is 3. The van der Waals surface area contributed by atoms with Gasteiger partial charge in [0.15, 0.2) is 0 Å². The first-order valence-corrected chi connectivity index (χ1v) is 10.2. The number of hydrogen-bond donors (Lipinski definition) is 2. The second-order valence-electron chi connectivity index (χ2n) is 6.14. The number of rotatable bonds is 5. The molecule has 0 spiro atoms. The van der Waals surface area contributed by atoms with Crippen LogP contribution in [0, 0.1) is 18.6 Å². The van der Waals surface area contributed by atoms with Crippen LogP contribution in [0.2, 0.25) is 5.02 Å². The molecule has 0 saturated carbocycles. The Morgan fingerprint density at radius 3 is 2.38 bits per heavy atom. The van der Waals surface area contributed by atoms with E-state index in [0.717, 1.165) is 17.7 Å². The van der Waals surface area contributed by atoms with Crippen molar-refractivity contribution in [3.63, 3.8) is 0 Å². The number of carbonyl (C=O) groups is 1. The molecule has 0 radical (unpaired) electrons. The number of hydrogen-bond acceptors (Lipinski definition) is 3. The van der Waals surface area contributed by atoms with Crippen molar-refractivity contribution in [1.29, 1.82) is 0 Å². The smallest absolute Gasteiger partial charge is 0.264 e. The van der Waals surface area contributed by atoms with E-state index in [1.54, 1.807) is 12.1 Å². The van der Waals surface area contributed by atoms with E-state index in [1.807, 2.05) is 19.1 Å². The van der Waals surface area contributed by atoms with Gasteiger partial charge in [-0.1, -0.05) is 29.8 Å². The molecule has 2 N–H and O–H groups in total. The SMILES string of the molecule is Cc1ccccc1NC(=O)c1ccc(Cl)c(NS(=O)(=O)c2ccc(F)cc2F)c1. The van der Waals surface area contributed by atoms with E-state index in [2.05, 4.69) is 10.0 Å². The van der Waals surface area contributed by atoms with E-state index < -0.39 is 32.5 Å². The van der Waals surface area contributed by atoms with Crippen molar-refractivity contribution in [1.82, 2.24) is 0 Å². The molecule has 5 nitrogen and oxygen atoms in total. The van der Waals surface area contributed by atoms with Crippen LogP contribution in [0.3, 0.4) is 0 Å². The summed E-state index contributed by atoms with van der Waals surface area (Å²) in [5.41, 5.74) is 1.47. The Morgan fingerprint density at radius 2 is 1.69 bits per heavy atom. The largest absolute Gasteiger partial charge is 0.322 e. The second kappa shape index (κ2) is 8.18. The molecular formula is C20H15ClF2N2O3S. The maximum Gasteiger partial charge on any atom is 0.264 e. The highest BCUT2D eigenvalue weighted by Gasteiger charge is 2.21. The monoisotopic (exact) mass is 436 g/mol. The van der Waals surface area contributed by atoms with Crippen LogP contribution in [-0.4, -0.2) is 14.3 Å². The Hall–Kier alpha value is -2.97. The summed E-state index contributed by atoms with van der Waals surface area (Å²) in [4.78, 5) is 11.8. The first-order chi connectivity index (χ1) is 13.7. The number of amides is 1. The predicted octanol–water partition coefficient (Wildman–Crippen LogP) is 4.98. The van der Waals surface area contributed by atoms with Crippen LogP contribution in [0.4, 0.5) is 20.2 Å². The molecule has 0 aliphatic rings. The number of sulfonamides is 1. The van der Waals surface area contributed by atoms with Gasteiger partial charge in [0.2, 0.25) is 0 Å². The van der Waals surface area contributed by atoms with Gasteiger partial charge in [-0.15, -0.1) is 0 Å². The quantitative estimate of drug-likeness (QED) is 0.592. The summed E-state index contributed by atoms with van der Waals surface area (Å²) in [7, 11) is -4.40. The minimum absolute atomic E-state index is 0.00327. The third-order valence-corrected chi connectivity index (χ3v) is 5.78. The zero-order valence-electron chi connectivity index (χ0n) is 15.0. The van der Waals surface area contributed by atoms with Crippen LogP contribution in [0.15, 0.2) is 65.6 Å². The van der Waals surface area contributed by atoms with Gasteiger partial charge in [0, 0.05) is 17.3 Å². The van der Waals surface area contributed by atoms with Crippen molar-refractivity contribution in [2.45, 2.75) is 11.8 Å². The van der Waals surface area contributed by atoms with Crippen molar-refractivity contribution >= 4 is 38.9 Å². The summed E-state index contributed by atoms with van der Waals surface area (Å²) in [6.45, 7) is 1.83. The van der Waals surface area contributed by atoms with Crippen LogP contribution in [-0.2, 0) is 10.0 Å². The van der Waals surface area contributed by atoms with Gasteiger partial charge in [-0.3, -0.25) is 9.52 Å². The Balaban J connectivity index is 1.89. The fourth-order valence-corrected chi connectivity index (χ4v) is 3.90. The lowest BCUT2D eigenvalue weighted by atomic mass is 10.1. The van der Waals surface area contributed by atoms with Gasteiger partial charge in [0.1, 0.15) is 16.5 Å².